The minimum atomic E-state index is -3.65. The molecule has 0 amide bonds. The van der Waals surface area contributed by atoms with Crippen molar-refractivity contribution in [1.82, 2.24) is 4.72 Å². The fraction of sp³-hybridized carbons (Fsp3) is 0.571. The van der Waals surface area contributed by atoms with E-state index in [0.29, 0.717) is 24.7 Å². The maximum Gasteiger partial charge on any atom is 0.240 e. The number of hydrogen-bond acceptors (Lipinski definition) is 5. The molecule has 0 radical (unpaired) electrons. The van der Waals surface area contributed by atoms with Gasteiger partial charge < -0.3 is 14.6 Å². The van der Waals surface area contributed by atoms with Crippen LogP contribution >= 0.6 is 0 Å². The fourth-order valence-corrected chi connectivity index (χ4v) is 3.30. The van der Waals surface area contributed by atoms with Crippen molar-refractivity contribution in [2.24, 2.45) is 5.92 Å². The molecule has 1 atom stereocenters. The van der Waals surface area contributed by atoms with Crippen molar-refractivity contribution in [2.75, 3.05) is 19.8 Å². The monoisotopic (exact) mass is 313 g/mol. The second-order valence-corrected chi connectivity index (χ2v) is 7.18. The van der Waals surface area contributed by atoms with Crippen molar-refractivity contribution in [1.29, 1.82) is 0 Å². The van der Waals surface area contributed by atoms with Crippen molar-refractivity contribution in [3.8, 4) is 11.5 Å². The lowest BCUT2D eigenvalue weighted by Crippen LogP contribution is -2.33. The number of aliphatic hydroxyl groups is 1. The van der Waals surface area contributed by atoms with E-state index < -0.39 is 16.1 Å². The summed E-state index contributed by atoms with van der Waals surface area (Å²) in [6, 6.07) is 4.55. The van der Waals surface area contributed by atoms with E-state index >= 15 is 0 Å². The molecule has 1 heterocycles. The summed E-state index contributed by atoms with van der Waals surface area (Å²) in [5.74, 6) is 1.24. The summed E-state index contributed by atoms with van der Waals surface area (Å²) in [4.78, 5) is 0.120. The Labute approximate surface area is 124 Å². The van der Waals surface area contributed by atoms with E-state index in [1.54, 1.807) is 6.07 Å². The largest absolute Gasteiger partial charge is 0.490 e. The zero-order valence-electron chi connectivity index (χ0n) is 11.6. The number of ether oxygens (including phenoxy) is 2. The van der Waals surface area contributed by atoms with Crippen LogP contribution in [-0.2, 0) is 10.0 Å². The first-order valence-corrected chi connectivity index (χ1v) is 8.62. The Morgan fingerprint density at radius 2 is 1.95 bits per heavy atom. The summed E-state index contributed by atoms with van der Waals surface area (Å²) in [5.41, 5.74) is 0. The predicted molar refractivity (Wildman–Crippen MR) is 76.0 cm³/mol. The molecule has 0 aromatic heterocycles. The van der Waals surface area contributed by atoms with Crippen LogP contribution in [0.2, 0.25) is 0 Å². The van der Waals surface area contributed by atoms with E-state index in [1.165, 1.54) is 12.1 Å². The summed E-state index contributed by atoms with van der Waals surface area (Å²) in [5, 5.41) is 9.76. The fourth-order valence-electron chi connectivity index (χ4n) is 2.24. The summed E-state index contributed by atoms with van der Waals surface area (Å²) >= 11 is 0. The average Bonchev–Trinajstić information content (AvgIpc) is 3.30. The molecule has 3 rings (SSSR count). The summed E-state index contributed by atoms with van der Waals surface area (Å²) < 4.78 is 37.9. The maximum atomic E-state index is 12.2. The highest BCUT2D eigenvalue weighted by Crippen LogP contribution is 2.33. The van der Waals surface area contributed by atoms with Gasteiger partial charge in [-0.05, 0) is 30.9 Å². The first-order valence-electron chi connectivity index (χ1n) is 7.14. The predicted octanol–water partition coefficient (Wildman–Crippen LogP) is 0.897. The molecule has 2 N–H and O–H groups in total. The molecule has 0 saturated heterocycles. The summed E-state index contributed by atoms with van der Waals surface area (Å²) in [6.45, 7) is 1.11. The first kappa shape index (κ1) is 14.6. The molecule has 116 valence electrons. The molecule has 1 aliphatic heterocycles. The van der Waals surface area contributed by atoms with Crippen LogP contribution in [0.25, 0.3) is 0 Å². The van der Waals surface area contributed by atoms with Crippen LogP contribution in [0.5, 0.6) is 11.5 Å². The van der Waals surface area contributed by atoms with Crippen molar-refractivity contribution in [3.63, 3.8) is 0 Å². The molecule has 2 aliphatic rings. The van der Waals surface area contributed by atoms with Crippen LogP contribution < -0.4 is 14.2 Å². The van der Waals surface area contributed by atoms with Gasteiger partial charge in [0, 0.05) is 19.0 Å². The second-order valence-electron chi connectivity index (χ2n) is 5.42. The lowest BCUT2D eigenvalue weighted by Gasteiger charge is -2.13. The molecule has 0 bridgehead atoms. The molecule has 1 unspecified atom stereocenters. The topological polar surface area (TPSA) is 84.9 Å². The van der Waals surface area contributed by atoms with Gasteiger partial charge in [0.1, 0.15) is 0 Å². The lowest BCUT2D eigenvalue weighted by molar-refractivity contribution is 0.155. The lowest BCUT2D eigenvalue weighted by atomic mass is 10.2. The van der Waals surface area contributed by atoms with Gasteiger partial charge in [0.25, 0.3) is 0 Å². The molecule has 1 saturated carbocycles. The van der Waals surface area contributed by atoms with Crippen LogP contribution in [0.3, 0.4) is 0 Å². The van der Waals surface area contributed by atoms with Gasteiger partial charge in [0.05, 0.1) is 24.2 Å². The van der Waals surface area contributed by atoms with E-state index in [9.17, 15) is 13.5 Å². The van der Waals surface area contributed by atoms with Crippen molar-refractivity contribution < 1.29 is 23.0 Å². The number of sulfonamides is 1. The van der Waals surface area contributed by atoms with E-state index in [2.05, 4.69) is 4.72 Å². The van der Waals surface area contributed by atoms with E-state index in [4.69, 9.17) is 9.47 Å². The second kappa shape index (κ2) is 5.82. The van der Waals surface area contributed by atoms with Crippen molar-refractivity contribution >= 4 is 10.0 Å². The SMILES string of the molecule is O=S(=O)(NCC(O)C1CC1)c1ccc2c(c1)OCCCO2. The van der Waals surface area contributed by atoms with Gasteiger partial charge in [0.2, 0.25) is 10.0 Å². The van der Waals surface area contributed by atoms with E-state index in [-0.39, 0.29) is 17.4 Å². The van der Waals surface area contributed by atoms with Crippen LogP contribution in [0, 0.1) is 5.92 Å². The average molecular weight is 313 g/mol. The van der Waals surface area contributed by atoms with Crippen LogP contribution in [0.4, 0.5) is 0 Å². The molecule has 1 aliphatic carbocycles. The number of aliphatic hydroxyl groups excluding tert-OH is 1. The van der Waals surface area contributed by atoms with E-state index in [1.807, 2.05) is 0 Å². The van der Waals surface area contributed by atoms with Crippen LogP contribution in [0.1, 0.15) is 19.3 Å². The summed E-state index contributed by atoms with van der Waals surface area (Å²) in [7, 11) is -3.65. The quantitative estimate of drug-likeness (QED) is 0.843. The normalized spacial score (nSPS) is 19.9. The highest BCUT2D eigenvalue weighted by atomic mass is 32.2. The van der Waals surface area contributed by atoms with Gasteiger partial charge in [-0.15, -0.1) is 0 Å². The first-order chi connectivity index (χ1) is 10.1. The molecule has 6 nitrogen and oxygen atoms in total. The zero-order chi connectivity index (χ0) is 14.9. The minimum Gasteiger partial charge on any atom is -0.490 e. The Balaban J connectivity index is 1.73. The van der Waals surface area contributed by atoms with Crippen LogP contribution in [-0.4, -0.2) is 39.4 Å². The molecule has 1 fully saturated rings. The maximum absolute atomic E-state index is 12.2. The molecule has 0 spiro atoms. The minimum absolute atomic E-state index is 0.0431. The number of rotatable bonds is 5. The third-order valence-electron chi connectivity index (χ3n) is 3.68. The van der Waals surface area contributed by atoms with Gasteiger partial charge >= 0.3 is 0 Å². The van der Waals surface area contributed by atoms with Crippen LogP contribution in [0.15, 0.2) is 23.1 Å². The van der Waals surface area contributed by atoms with Gasteiger partial charge in [0.15, 0.2) is 11.5 Å². The summed E-state index contributed by atoms with van der Waals surface area (Å²) in [6.07, 6.45) is 2.09. The third kappa shape index (κ3) is 3.48. The van der Waals surface area contributed by atoms with Gasteiger partial charge in [-0.3, -0.25) is 0 Å². The molecule has 7 heteroatoms. The number of hydrogen-bond donors (Lipinski definition) is 2. The standard InChI is InChI=1S/C14H19NO5S/c16-12(10-2-3-10)9-15-21(17,18)11-4-5-13-14(8-11)20-7-1-6-19-13/h4-5,8,10,12,15-16H,1-3,6-7,9H2. The Morgan fingerprint density at radius 1 is 1.24 bits per heavy atom. The van der Waals surface area contributed by atoms with Gasteiger partial charge in [-0.25, -0.2) is 13.1 Å². The number of fused-ring (bicyclic) bond motifs is 1. The van der Waals surface area contributed by atoms with Gasteiger partial charge in [-0.1, -0.05) is 0 Å². The smallest absolute Gasteiger partial charge is 0.240 e. The molecule has 21 heavy (non-hydrogen) atoms. The molecule has 1 aromatic rings. The molecule has 1 aromatic carbocycles. The highest BCUT2D eigenvalue weighted by molar-refractivity contribution is 7.89. The third-order valence-corrected chi connectivity index (χ3v) is 5.10. The zero-order valence-corrected chi connectivity index (χ0v) is 12.4. The Morgan fingerprint density at radius 3 is 2.67 bits per heavy atom. The van der Waals surface area contributed by atoms with Gasteiger partial charge in [-0.2, -0.15) is 0 Å². The van der Waals surface area contributed by atoms with Crippen molar-refractivity contribution in [2.45, 2.75) is 30.3 Å². The number of nitrogens with one attached hydrogen (secondary N) is 1. The highest BCUT2D eigenvalue weighted by Gasteiger charge is 2.30. The number of benzene rings is 1. The molecular formula is C14H19NO5S. The Bertz CT molecular complexity index is 612. The van der Waals surface area contributed by atoms with E-state index in [0.717, 1.165) is 19.3 Å². The van der Waals surface area contributed by atoms with Crippen molar-refractivity contribution in [3.05, 3.63) is 18.2 Å². The Hall–Kier alpha value is -1.31. The Kier molecular flexibility index (Phi) is 4.05. The molecular weight excluding hydrogens is 294 g/mol.